The Morgan fingerprint density at radius 2 is 1.41 bits per heavy atom. The molecule has 0 aliphatic carbocycles. The molecular weight excluding hydrogens is 503 g/mol. The van der Waals surface area contributed by atoms with Gasteiger partial charge in [-0.1, -0.05) is 24.3 Å². The molecule has 0 saturated heterocycles. The molecule has 5 amide bonds. The van der Waals surface area contributed by atoms with Crippen LogP contribution in [0.15, 0.2) is 48.5 Å². The Morgan fingerprint density at radius 3 is 1.95 bits per heavy atom. The number of rotatable bonds is 10. The zero-order valence-corrected chi connectivity index (χ0v) is 21.3. The van der Waals surface area contributed by atoms with Crippen molar-refractivity contribution in [1.82, 2.24) is 10.6 Å². The van der Waals surface area contributed by atoms with Crippen molar-refractivity contribution < 1.29 is 38.3 Å². The number of imide groups is 1. The molecule has 0 heterocycles. The number of alkyl carbamates (subject to hydrolysis) is 1. The molecule has 0 bridgehead atoms. The van der Waals surface area contributed by atoms with E-state index in [1.54, 1.807) is 36.4 Å². The third-order valence-corrected chi connectivity index (χ3v) is 5.15. The van der Waals surface area contributed by atoms with Crippen molar-refractivity contribution in [3.05, 3.63) is 59.7 Å². The van der Waals surface area contributed by atoms with E-state index in [4.69, 9.17) is 0 Å². The van der Waals surface area contributed by atoms with Crippen molar-refractivity contribution in [2.24, 2.45) is 0 Å². The molecule has 1 atom stereocenters. The molecule has 2 aromatic carbocycles. The summed E-state index contributed by atoms with van der Waals surface area (Å²) in [5.41, 5.74) is 2.66. The number of esters is 1. The first-order chi connectivity index (χ1) is 17.7. The molecular formula is C24H29N4O8P. The van der Waals surface area contributed by atoms with E-state index in [-0.39, 0.29) is 12.2 Å². The minimum atomic E-state index is -1.41. The second-order valence-corrected chi connectivity index (χ2v) is 8.02. The van der Waals surface area contributed by atoms with Crippen LogP contribution in [-0.2, 0) is 20.5 Å². The lowest BCUT2D eigenvalue weighted by Crippen LogP contribution is -2.43. The van der Waals surface area contributed by atoms with Gasteiger partial charge in [-0.3, -0.25) is 10.1 Å². The number of hydrogen-bond donors (Lipinski definition) is 4. The molecule has 37 heavy (non-hydrogen) atoms. The van der Waals surface area contributed by atoms with Gasteiger partial charge in [-0.05, 0) is 61.1 Å². The summed E-state index contributed by atoms with van der Waals surface area (Å²) in [5, 5.41) is 17.1. The van der Waals surface area contributed by atoms with Gasteiger partial charge in [0.05, 0.1) is 15.2 Å². The van der Waals surface area contributed by atoms with E-state index < -0.39 is 30.3 Å². The number of carboxylic acid groups (broad SMARTS) is 1. The first-order valence-electron chi connectivity index (χ1n) is 11.3. The second kappa shape index (κ2) is 15.0. The predicted molar refractivity (Wildman–Crippen MR) is 138 cm³/mol. The van der Waals surface area contributed by atoms with Gasteiger partial charge < -0.3 is 25.0 Å². The van der Waals surface area contributed by atoms with Crippen molar-refractivity contribution in [2.75, 3.05) is 23.3 Å². The molecule has 0 radical (unpaired) electrons. The van der Waals surface area contributed by atoms with E-state index in [1.807, 2.05) is 21.6 Å². The zero-order valence-electron chi connectivity index (χ0n) is 20.2. The van der Waals surface area contributed by atoms with Crippen LogP contribution in [0.1, 0.15) is 37.3 Å². The van der Waals surface area contributed by atoms with Crippen molar-refractivity contribution in [2.45, 2.75) is 32.6 Å². The van der Waals surface area contributed by atoms with Crippen molar-refractivity contribution in [1.29, 1.82) is 0 Å². The Bertz CT molecular complexity index is 1090. The summed E-state index contributed by atoms with van der Waals surface area (Å²) in [6.45, 7) is 1.69. The van der Waals surface area contributed by atoms with E-state index in [2.05, 4.69) is 25.2 Å². The molecule has 1 unspecified atom stereocenters. The Labute approximate surface area is 216 Å². The van der Waals surface area contributed by atoms with E-state index >= 15 is 0 Å². The van der Waals surface area contributed by atoms with Crippen molar-refractivity contribution >= 4 is 51.1 Å². The normalized spacial score (nSPS) is 10.1. The summed E-state index contributed by atoms with van der Waals surface area (Å²) >= 11 is 0. The van der Waals surface area contributed by atoms with Gasteiger partial charge >= 0.3 is 30.3 Å². The lowest BCUT2D eigenvalue weighted by atomic mass is 10.0. The topological polar surface area (TPSA) is 163 Å². The molecule has 0 aliphatic rings. The standard InChI is InChI=1S/C24H29N4O8P/c1-16(29)35-22(31)26-14-4-2-3-13-25-21(30)28(24(33)34)20-11-7-18(8-12-20)15-17-5-9-19(10-6-17)27-23(32)36-37/h5-12H,2-4,13-15,37H2,1H3,(H,25,30)(H,26,31)(H,27,32)(H,33,34). The van der Waals surface area contributed by atoms with Crippen LogP contribution in [0.4, 0.5) is 30.6 Å². The summed E-state index contributed by atoms with van der Waals surface area (Å²) in [4.78, 5) is 57.9. The molecule has 2 aromatic rings. The first-order valence-corrected chi connectivity index (χ1v) is 11.8. The first kappa shape index (κ1) is 29.1. The lowest BCUT2D eigenvalue weighted by molar-refractivity contribution is -0.134. The van der Waals surface area contributed by atoms with Crippen LogP contribution in [0.5, 0.6) is 0 Å². The fraction of sp³-hybridized carbons (Fsp3) is 0.292. The van der Waals surface area contributed by atoms with Gasteiger partial charge in [0.25, 0.3) is 0 Å². The van der Waals surface area contributed by atoms with Crippen LogP contribution in [0, 0.1) is 0 Å². The molecule has 0 aliphatic heterocycles. The number of unbranched alkanes of at least 4 members (excludes halogenated alkanes) is 2. The largest absolute Gasteiger partial charge is 0.464 e. The van der Waals surface area contributed by atoms with Crippen LogP contribution in [0.3, 0.4) is 0 Å². The minimum absolute atomic E-state index is 0.206. The number of nitrogens with one attached hydrogen (secondary N) is 3. The number of benzene rings is 2. The van der Waals surface area contributed by atoms with Gasteiger partial charge in [0.2, 0.25) is 0 Å². The maximum Gasteiger partial charge on any atom is 0.420 e. The van der Waals surface area contributed by atoms with Gasteiger partial charge in [0.1, 0.15) is 0 Å². The summed E-state index contributed by atoms with van der Waals surface area (Å²) in [7, 11) is 1.87. The fourth-order valence-corrected chi connectivity index (χ4v) is 3.28. The number of carbonyl (C=O) groups excluding carboxylic acids is 4. The molecule has 13 heteroatoms. The summed E-state index contributed by atoms with van der Waals surface area (Å²) in [5.74, 6) is -0.696. The number of nitrogens with zero attached hydrogens (tertiary/aromatic N) is 1. The molecule has 0 saturated carbocycles. The Morgan fingerprint density at radius 1 is 0.838 bits per heavy atom. The highest BCUT2D eigenvalue weighted by Gasteiger charge is 2.22. The molecule has 0 fully saturated rings. The molecule has 0 spiro atoms. The average molecular weight is 532 g/mol. The number of hydrogen-bond acceptors (Lipinski definition) is 7. The highest BCUT2D eigenvalue weighted by atomic mass is 31.0. The highest BCUT2D eigenvalue weighted by molar-refractivity contribution is 7.10. The highest BCUT2D eigenvalue weighted by Crippen LogP contribution is 2.19. The lowest BCUT2D eigenvalue weighted by Gasteiger charge is -2.18. The Balaban J connectivity index is 1.81. The van der Waals surface area contributed by atoms with E-state index in [0.717, 1.165) is 18.1 Å². The molecule has 4 N–H and O–H groups in total. The Kier molecular flexibility index (Phi) is 11.8. The summed E-state index contributed by atoms with van der Waals surface area (Å²) < 4.78 is 8.80. The van der Waals surface area contributed by atoms with Crippen LogP contribution < -0.4 is 20.9 Å². The van der Waals surface area contributed by atoms with Crippen LogP contribution >= 0.6 is 9.47 Å². The van der Waals surface area contributed by atoms with Gasteiger partial charge in [-0.15, -0.1) is 0 Å². The predicted octanol–water partition coefficient (Wildman–Crippen LogP) is 4.25. The summed E-state index contributed by atoms with van der Waals surface area (Å²) in [6.07, 6.45) is -0.440. The third kappa shape index (κ3) is 10.5. The molecule has 198 valence electrons. The zero-order chi connectivity index (χ0) is 27.2. The third-order valence-electron chi connectivity index (χ3n) is 4.94. The fourth-order valence-electron chi connectivity index (χ4n) is 3.22. The second-order valence-electron chi connectivity index (χ2n) is 7.79. The minimum Gasteiger partial charge on any atom is -0.464 e. The quantitative estimate of drug-likeness (QED) is 0.153. The molecule has 12 nitrogen and oxygen atoms in total. The maximum absolute atomic E-state index is 12.5. The van der Waals surface area contributed by atoms with E-state index in [9.17, 15) is 29.1 Å². The van der Waals surface area contributed by atoms with Gasteiger partial charge in [-0.25, -0.2) is 19.2 Å². The smallest absolute Gasteiger partial charge is 0.420 e. The van der Waals surface area contributed by atoms with Crippen molar-refractivity contribution in [3.63, 3.8) is 0 Å². The van der Waals surface area contributed by atoms with Crippen LogP contribution in [0.25, 0.3) is 0 Å². The number of carbonyl (C=O) groups is 5. The van der Waals surface area contributed by atoms with Gasteiger partial charge in [0, 0.05) is 25.7 Å². The SMILES string of the molecule is CC(=O)OC(=O)NCCCCCNC(=O)N(C(=O)O)c1ccc(Cc2ccc(NC(=O)OP)cc2)cc1. The number of ether oxygens (including phenoxy) is 1. The monoisotopic (exact) mass is 532 g/mol. The van der Waals surface area contributed by atoms with E-state index in [1.165, 1.54) is 0 Å². The average Bonchev–Trinajstić information content (AvgIpc) is 2.85. The number of amides is 5. The molecule has 0 aromatic heterocycles. The number of anilines is 2. The van der Waals surface area contributed by atoms with Crippen LogP contribution in [0.2, 0.25) is 0 Å². The van der Waals surface area contributed by atoms with Crippen molar-refractivity contribution in [3.8, 4) is 0 Å². The summed E-state index contributed by atoms with van der Waals surface area (Å²) in [6, 6.07) is 13.0. The van der Waals surface area contributed by atoms with Gasteiger partial charge in [0.15, 0.2) is 0 Å². The number of urea groups is 1. The van der Waals surface area contributed by atoms with Crippen LogP contribution in [-0.4, -0.2) is 48.5 Å². The Hall–Kier alpha value is -4.18. The molecule has 2 rings (SSSR count). The van der Waals surface area contributed by atoms with E-state index in [0.29, 0.717) is 42.8 Å². The maximum atomic E-state index is 12.5. The van der Waals surface area contributed by atoms with Gasteiger partial charge in [-0.2, -0.15) is 4.90 Å².